The maximum Gasteiger partial charge on any atom is 0.345 e. The Balaban J connectivity index is 0.00000144. The average Bonchev–Trinajstić information content (AvgIpc) is 2.06. The number of alkyl halides is 1. The van der Waals surface area contributed by atoms with Crippen molar-refractivity contribution >= 4 is 18.4 Å². The number of benzene rings is 1. The first kappa shape index (κ1) is 11.9. The zero-order valence-corrected chi connectivity index (χ0v) is 7.84. The summed E-state index contributed by atoms with van der Waals surface area (Å²) in [5.41, 5.74) is -2.13. The lowest BCUT2D eigenvalue weighted by molar-refractivity contribution is -0.150. The van der Waals surface area contributed by atoms with E-state index in [1.165, 1.54) is 12.1 Å². The van der Waals surface area contributed by atoms with E-state index >= 15 is 0 Å². The van der Waals surface area contributed by atoms with Crippen LogP contribution in [0.4, 0.5) is 4.39 Å². The first-order valence-electron chi connectivity index (χ1n) is 3.53. The zero-order valence-electron chi connectivity index (χ0n) is 7.03. The Hall–Kier alpha value is -1.09. The Kier molecular flexibility index (Phi) is 3.88. The van der Waals surface area contributed by atoms with Crippen LogP contribution in [-0.2, 0) is 10.5 Å². The molecule has 0 heterocycles. The lowest BCUT2D eigenvalue weighted by Gasteiger charge is -2.14. The zero-order chi connectivity index (χ0) is 9.19. The number of carboxylic acids is 1. The third-order valence-corrected chi connectivity index (χ3v) is 1.72. The first-order valence-corrected chi connectivity index (χ1v) is 3.53. The second-order valence-electron chi connectivity index (χ2n) is 2.67. The Morgan fingerprint density at radius 1 is 1.38 bits per heavy atom. The molecule has 0 aromatic heterocycles. The van der Waals surface area contributed by atoms with E-state index in [9.17, 15) is 9.18 Å². The monoisotopic (exact) mass is 204 g/mol. The molecule has 0 bridgehead atoms. The molecule has 0 aliphatic carbocycles. The van der Waals surface area contributed by atoms with Crippen LogP contribution in [0.25, 0.3) is 0 Å². The van der Waals surface area contributed by atoms with Gasteiger partial charge in [0, 0.05) is 5.56 Å². The second-order valence-corrected chi connectivity index (χ2v) is 2.67. The van der Waals surface area contributed by atoms with Gasteiger partial charge in [0.15, 0.2) is 0 Å². The molecule has 13 heavy (non-hydrogen) atoms. The molecule has 1 unspecified atom stereocenters. The van der Waals surface area contributed by atoms with Crippen molar-refractivity contribution in [1.82, 2.24) is 0 Å². The van der Waals surface area contributed by atoms with Crippen molar-refractivity contribution in [3.8, 4) is 0 Å². The Labute approximate surface area is 81.8 Å². The molecule has 1 rings (SSSR count). The molecule has 2 nitrogen and oxygen atoms in total. The summed E-state index contributed by atoms with van der Waals surface area (Å²) >= 11 is 0. The van der Waals surface area contributed by atoms with Crippen LogP contribution in [0.1, 0.15) is 12.5 Å². The van der Waals surface area contributed by atoms with Gasteiger partial charge in [-0.2, -0.15) is 0 Å². The van der Waals surface area contributed by atoms with Crippen LogP contribution in [0.3, 0.4) is 0 Å². The van der Waals surface area contributed by atoms with Crippen LogP contribution >= 0.6 is 12.4 Å². The molecule has 1 atom stereocenters. The lowest BCUT2D eigenvalue weighted by Crippen LogP contribution is -2.26. The topological polar surface area (TPSA) is 37.3 Å². The van der Waals surface area contributed by atoms with E-state index in [-0.39, 0.29) is 18.0 Å². The molecule has 1 aromatic rings. The number of carboxylic acid groups (broad SMARTS) is 1. The maximum atomic E-state index is 13.3. The Morgan fingerprint density at radius 3 is 2.23 bits per heavy atom. The minimum Gasteiger partial charge on any atom is -0.479 e. The predicted molar refractivity (Wildman–Crippen MR) is 49.8 cm³/mol. The molecule has 0 amide bonds. The number of aliphatic carboxylic acids is 1. The normalized spacial score (nSPS) is 14.0. The molecule has 0 spiro atoms. The van der Waals surface area contributed by atoms with E-state index in [0.717, 1.165) is 6.92 Å². The maximum absolute atomic E-state index is 13.3. The largest absolute Gasteiger partial charge is 0.479 e. The average molecular weight is 205 g/mol. The number of carbonyl (C=O) groups is 1. The highest BCUT2D eigenvalue weighted by Gasteiger charge is 2.34. The molecule has 0 aliphatic rings. The molecule has 1 N–H and O–H groups in total. The second kappa shape index (κ2) is 4.23. The van der Waals surface area contributed by atoms with Crippen molar-refractivity contribution in [2.45, 2.75) is 12.6 Å². The van der Waals surface area contributed by atoms with Gasteiger partial charge in [-0.05, 0) is 6.92 Å². The molecule has 0 saturated heterocycles. The van der Waals surface area contributed by atoms with Gasteiger partial charge in [0.2, 0.25) is 5.67 Å². The van der Waals surface area contributed by atoms with E-state index in [4.69, 9.17) is 5.11 Å². The summed E-state index contributed by atoms with van der Waals surface area (Å²) in [6.45, 7) is 1.03. The van der Waals surface area contributed by atoms with E-state index in [2.05, 4.69) is 0 Å². The summed E-state index contributed by atoms with van der Waals surface area (Å²) in [5.74, 6) is -1.46. The van der Waals surface area contributed by atoms with E-state index in [1.807, 2.05) is 0 Å². The van der Waals surface area contributed by atoms with Gasteiger partial charge in [-0.3, -0.25) is 0 Å². The smallest absolute Gasteiger partial charge is 0.345 e. The Bertz CT molecular complexity index is 285. The highest BCUT2D eigenvalue weighted by atomic mass is 35.5. The SMILES string of the molecule is CC(F)(C(=O)O)c1ccccc1.Cl. The summed E-state index contributed by atoms with van der Waals surface area (Å²) in [6, 6.07) is 7.83. The van der Waals surface area contributed by atoms with Gasteiger partial charge < -0.3 is 5.11 Å². The number of halogens is 2. The minimum absolute atomic E-state index is 0. The van der Waals surface area contributed by atoms with Crippen molar-refractivity contribution < 1.29 is 14.3 Å². The molecule has 0 fully saturated rings. The van der Waals surface area contributed by atoms with Crippen molar-refractivity contribution in [1.29, 1.82) is 0 Å². The fraction of sp³-hybridized carbons (Fsp3) is 0.222. The molecule has 4 heteroatoms. The van der Waals surface area contributed by atoms with Crippen LogP contribution in [0.2, 0.25) is 0 Å². The molecular formula is C9H10ClFO2. The number of hydrogen-bond acceptors (Lipinski definition) is 1. The van der Waals surface area contributed by atoms with Gasteiger partial charge in [0.1, 0.15) is 0 Å². The molecule has 0 radical (unpaired) electrons. The number of hydrogen-bond donors (Lipinski definition) is 1. The van der Waals surface area contributed by atoms with E-state index in [0.29, 0.717) is 0 Å². The fourth-order valence-electron chi connectivity index (χ4n) is 0.875. The van der Waals surface area contributed by atoms with Crippen LogP contribution in [0, 0.1) is 0 Å². The van der Waals surface area contributed by atoms with Crippen LogP contribution < -0.4 is 0 Å². The van der Waals surface area contributed by atoms with Crippen LogP contribution in [0.5, 0.6) is 0 Å². The third-order valence-electron chi connectivity index (χ3n) is 1.72. The van der Waals surface area contributed by atoms with Gasteiger partial charge >= 0.3 is 5.97 Å². The molecule has 0 aliphatic heterocycles. The van der Waals surface area contributed by atoms with E-state index < -0.39 is 11.6 Å². The predicted octanol–water partition coefficient (Wildman–Crippen LogP) is 2.38. The quantitative estimate of drug-likeness (QED) is 0.803. The van der Waals surface area contributed by atoms with Crippen LogP contribution in [-0.4, -0.2) is 11.1 Å². The van der Waals surface area contributed by atoms with Gasteiger partial charge in [0.25, 0.3) is 0 Å². The highest BCUT2D eigenvalue weighted by molar-refractivity contribution is 5.85. The standard InChI is InChI=1S/C9H9FO2.ClH/c1-9(10,8(11)12)7-5-3-2-4-6-7;/h2-6H,1H3,(H,11,12);1H. The summed E-state index contributed by atoms with van der Waals surface area (Å²) < 4.78 is 13.3. The minimum atomic E-state index is -2.29. The van der Waals surface area contributed by atoms with Crippen molar-refractivity contribution in [2.24, 2.45) is 0 Å². The summed E-state index contributed by atoms with van der Waals surface area (Å²) in [7, 11) is 0. The molecule has 0 saturated carbocycles. The lowest BCUT2D eigenvalue weighted by atomic mass is 9.98. The summed E-state index contributed by atoms with van der Waals surface area (Å²) in [6.07, 6.45) is 0. The van der Waals surface area contributed by atoms with Gasteiger partial charge in [-0.25, -0.2) is 9.18 Å². The molecule has 1 aromatic carbocycles. The first-order chi connectivity index (χ1) is 5.55. The third kappa shape index (κ3) is 2.42. The van der Waals surface area contributed by atoms with Gasteiger partial charge in [0.05, 0.1) is 0 Å². The summed E-state index contributed by atoms with van der Waals surface area (Å²) in [4.78, 5) is 10.4. The van der Waals surface area contributed by atoms with Gasteiger partial charge in [-0.15, -0.1) is 12.4 Å². The van der Waals surface area contributed by atoms with Gasteiger partial charge in [-0.1, -0.05) is 30.3 Å². The molecule has 72 valence electrons. The Morgan fingerprint density at radius 2 is 1.85 bits per heavy atom. The number of rotatable bonds is 2. The summed E-state index contributed by atoms with van der Waals surface area (Å²) in [5, 5.41) is 8.52. The van der Waals surface area contributed by atoms with Crippen molar-refractivity contribution in [3.05, 3.63) is 35.9 Å². The van der Waals surface area contributed by atoms with Crippen molar-refractivity contribution in [2.75, 3.05) is 0 Å². The van der Waals surface area contributed by atoms with E-state index in [1.54, 1.807) is 18.2 Å². The fourth-order valence-corrected chi connectivity index (χ4v) is 0.875. The highest BCUT2D eigenvalue weighted by Crippen LogP contribution is 2.24. The van der Waals surface area contributed by atoms with Crippen molar-refractivity contribution in [3.63, 3.8) is 0 Å². The van der Waals surface area contributed by atoms with Crippen LogP contribution in [0.15, 0.2) is 30.3 Å². The molecular weight excluding hydrogens is 195 g/mol.